The molecule has 2 rings (SSSR count). The fourth-order valence-corrected chi connectivity index (χ4v) is 3.08. The Bertz CT molecular complexity index is 729. The zero-order valence-corrected chi connectivity index (χ0v) is 11.7. The Morgan fingerprint density at radius 2 is 2.20 bits per heavy atom. The molecule has 0 bridgehead atoms. The van der Waals surface area contributed by atoms with Gasteiger partial charge in [0.2, 0.25) is 5.13 Å². The van der Waals surface area contributed by atoms with Crippen molar-refractivity contribution in [3.05, 3.63) is 23.8 Å². The number of aromatic nitrogens is 3. The highest BCUT2D eigenvalue weighted by atomic mass is 32.2. The number of carbonyl (C=O) groups excluding carboxylic acids is 1. The van der Waals surface area contributed by atoms with Crippen molar-refractivity contribution in [3.63, 3.8) is 0 Å². The van der Waals surface area contributed by atoms with Crippen LogP contribution >= 0.6 is 11.5 Å². The van der Waals surface area contributed by atoms with E-state index in [9.17, 15) is 13.2 Å². The zero-order chi connectivity index (χ0) is 14.8. The van der Waals surface area contributed by atoms with Gasteiger partial charge in [0.1, 0.15) is 4.90 Å². The molecule has 0 aliphatic carbocycles. The lowest BCUT2D eigenvalue weighted by Gasteiger charge is -2.08. The van der Waals surface area contributed by atoms with Crippen LogP contribution in [0.5, 0.6) is 0 Å². The Hall–Kier alpha value is -2.27. The molecule has 0 atom stereocenters. The van der Waals surface area contributed by atoms with E-state index in [2.05, 4.69) is 24.3 Å². The fourth-order valence-electron chi connectivity index (χ4n) is 1.38. The van der Waals surface area contributed by atoms with E-state index in [1.807, 2.05) is 0 Å². The van der Waals surface area contributed by atoms with E-state index in [1.54, 1.807) is 0 Å². The predicted octanol–water partition coefficient (Wildman–Crippen LogP) is 0.103. The second kappa shape index (κ2) is 5.38. The van der Waals surface area contributed by atoms with Crippen molar-refractivity contribution in [2.75, 3.05) is 17.6 Å². The number of hydrogen-bond donors (Lipinski definition) is 2. The Kier molecular flexibility index (Phi) is 3.81. The second-order valence-corrected chi connectivity index (χ2v) is 5.90. The lowest BCUT2D eigenvalue weighted by Crippen LogP contribution is -2.15. The van der Waals surface area contributed by atoms with Crippen LogP contribution in [0.4, 0.5) is 10.8 Å². The summed E-state index contributed by atoms with van der Waals surface area (Å²) in [6, 6.07) is 3.73. The maximum absolute atomic E-state index is 12.1. The van der Waals surface area contributed by atoms with Crippen molar-refractivity contribution in [3.8, 4) is 0 Å². The summed E-state index contributed by atoms with van der Waals surface area (Å²) in [4.78, 5) is 11.1. The molecule has 9 nitrogen and oxygen atoms in total. The lowest BCUT2D eigenvalue weighted by atomic mass is 10.2. The molecule has 0 radical (unpaired) electrons. The number of nitrogens with one attached hydrogen (secondary N) is 1. The van der Waals surface area contributed by atoms with Crippen LogP contribution in [0.1, 0.15) is 10.4 Å². The summed E-state index contributed by atoms with van der Waals surface area (Å²) in [7, 11) is -2.71. The number of benzene rings is 1. The predicted molar refractivity (Wildman–Crippen MR) is 70.7 cm³/mol. The maximum atomic E-state index is 12.1. The zero-order valence-electron chi connectivity index (χ0n) is 10.1. The number of esters is 1. The molecule has 0 unspecified atom stereocenters. The number of nitrogens with two attached hydrogens (primary N) is 1. The molecule has 0 spiro atoms. The van der Waals surface area contributed by atoms with Gasteiger partial charge in [0.15, 0.2) is 0 Å². The minimum absolute atomic E-state index is 0.0152. The minimum Gasteiger partial charge on any atom is -0.465 e. The summed E-state index contributed by atoms with van der Waals surface area (Å²) in [5.41, 5.74) is 5.72. The first-order chi connectivity index (χ1) is 9.44. The minimum atomic E-state index is -3.92. The van der Waals surface area contributed by atoms with Crippen molar-refractivity contribution in [2.24, 2.45) is 0 Å². The number of carbonyl (C=O) groups is 1. The van der Waals surface area contributed by atoms with E-state index in [0.717, 1.165) is 11.5 Å². The van der Waals surface area contributed by atoms with E-state index in [4.69, 9.17) is 5.73 Å². The maximum Gasteiger partial charge on any atom is 0.337 e. The number of anilines is 2. The van der Waals surface area contributed by atoms with Gasteiger partial charge in [-0.1, -0.05) is 9.59 Å². The second-order valence-electron chi connectivity index (χ2n) is 3.52. The van der Waals surface area contributed by atoms with Gasteiger partial charge < -0.3 is 10.5 Å². The lowest BCUT2D eigenvalue weighted by molar-refractivity contribution is 0.0600. The molecule has 20 heavy (non-hydrogen) atoms. The molecule has 0 aliphatic heterocycles. The smallest absolute Gasteiger partial charge is 0.337 e. The third-order valence-electron chi connectivity index (χ3n) is 2.24. The van der Waals surface area contributed by atoms with Crippen molar-refractivity contribution < 1.29 is 17.9 Å². The summed E-state index contributed by atoms with van der Waals surface area (Å²) in [5.74, 6) is -0.609. The van der Waals surface area contributed by atoms with Crippen LogP contribution in [0.2, 0.25) is 0 Å². The molecule has 0 aliphatic rings. The van der Waals surface area contributed by atoms with Gasteiger partial charge in [0.25, 0.3) is 10.0 Å². The van der Waals surface area contributed by atoms with Crippen molar-refractivity contribution in [1.82, 2.24) is 14.8 Å². The molecular weight excluding hydrogens is 306 g/mol. The van der Waals surface area contributed by atoms with E-state index in [-0.39, 0.29) is 21.3 Å². The van der Waals surface area contributed by atoms with Crippen molar-refractivity contribution >= 4 is 38.3 Å². The Morgan fingerprint density at radius 3 is 2.75 bits per heavy atom. The Morgan fingerprint density at radius 1 is 1.45 bits per heavy atom. The normalized spacial score (nSPS) is 11.1. The molecule has 0 fully saturated rings. The fraction of sp³-hybridized carbons (Fsp3) is 0.111. The average Bonchev–Trinajstić information content (AvgIpc) is 2.89. The van der Waals surface area contributed by atoms with Crippen LogP contribution in [0, 0.1) is 0 Å². The Labute approximate surface area is 118 Å². The third kappa shape index (κ3) is 2.83. The molecule has 1 aromatic heterocycles. The summed E-state index contributed by atoms with van der Waals surface area (Å²) in [6.45, 7) is 0. The molecular formula is C9H9N5O4S2. The van der Waals surface area contributed by atoms with Gasteiger partial charge in [-0.05, 0) is 23.4 Å². The summed E-state index contributed by atoms with van der Waals surface area (Å²) in [6.07, 6.45) is 0. The quantitative estimate of drug-likeness (QED) is 0.598. The number of nitrogen functional groups attached to an aromatic ring is 1. The standard InChI is InChI=1S/C9H9N5O4S2/c1-18-8(15)5-2-3-7(6(10)4-5)20(16,17)12-9-11-13-14-19-9/h2-4H,10H2,1H3,(H,11,12,14). The molecule has 1 heterocycles. The van der Waals surface area contributed by atoms with E-state index >= 15 is 0 Å². The SMILES string of the molecule is COC(=O)c1ccc(S(=O)(=O)Nc2nnns2)c(N)c1. The number of rotatable bonds is 4. The molecule has 0 amide bonds. The number of methoxy groups -OCH3 is 1. The summed E-state index contributed by atoms with van der Waals surface area (Å²) >= 11 is 0.785. The van der Waals surface area contributed by atoms with Crippen LogP contribution in [-0.2, 0) is 14.8 Å². The topological polar surface area (TPSA) is 137 Å². The van der Waals surface area contributed by atoms with Crippen LogP contribution < -0.4 is 10.5 Å². The van der Waals surface area contributed by atoms with Crippen LogP contribution in [0.25, 0.3) is 0 Å². The van der Waals surface area contributed by atoms with E-state index in [0.29, 0.717) is 0 Å². The molecule has 0 saturated carbocycles. The highest BCUT2D eigenvalue weighted by molar-refractivity contribution is 7.93. The first-order valence-corrected chi connectivity index (χ1v) is 7.35. The van der Waals surface area contributed by atoms with Gasteiger partial charge >= 0.3 is 5.97 Å². The first-order valence-electron chi connectivity index (χ1n) is 5.10. The first kappa shape index (κ1) is 14.1. The molecule has 1 aromatic carbocycles. The van der Waals surface area contributed by atoms with Crippen molar-refractivity contribution in [2.45, 2.75) is 4.90 Å². The van der Waals surface area contributed by atoms with E-state index < -0.39 is 16.0 Å². The molecule has 3 N–H and O–H groups in total. The number of sulfonamides is 1. The summed E-state index contributed by atoms with van der Waals surface area (Å²) in [5, 5.41) is 6.75. The van der Waals surface area contributed by atoms with Gasteiger partial charge in [-0.15, -0.1) is 0 Å². The molecule has 106 valence electrons. The largest absolute Gasteiger partial charge is 0.465 e. The number of ether oxygens (including phenoxy) is 1. The van der Waals surface area contributed by atoms with Crippen LogP contribution in [-0.4, -0.2) is 36.3 Å². The average molecular weight is 315 g/mol. The number of hydrogen-bond acceptors (Lipinski definition) is 9. The van der Waals surface area contributed by atoms with Crippen LogP contribution in [0.15, 0.2) is 23.1 Å². The van der Waals surface area contributed by atoms with Gasteiger partial charge in [-0.25, -0.2) is 13.2 Å². The number of nitrogens with zero attached hydrogens (tertiary/aromatic N) is 3. The van der Waals surface area contributed by atoms with Crippen molar-refractivity contribution in [1.29, 1.82) is 0 Å². The monoisotopic (exact) mass is 315 g/mol. The molecule has 2 aromatic rings. The van der Waals surface area contributed by atoms with Gasteiger partial charge in [0, 0.05) is 11.5 Å². The van der Waals surface area contributed by atoms with Crippen LogP contribution in [0.3, 0.4) is 0 Å². The van der Waals surface area contributed by atoms with Gasteiger partial charge in [-0.2, -0.15) is 0 Å². The Balaban J connectivity index is 2.35. The molecule has 0 saturated heterocycles. The van der Waals surface area contributed by atoms with E-state index in [1.165, 1.54) is 25.3 Å². The van der Waals surface area contributed by atoms with Gasteiger partial charge in [0.05, 0.1) is 18.4 Å². The summed E-state index contributed by atoms with van der Waals surface area (Å²) < 4.78 is 34.3. The highest BCUT2D eigenvalue weighted by Gasteiger charge is 2.20. The highest BCUT2D eigenvalue weighted by Crippen LogP contribution is 2.23. The molecule has 11 heteroatoms. The third-order valence-corrected chi connectivity index (χ3v) is 4.29. The van der Waals surface area contributed by atoms with Gasteiger partial charge in [-0.3, -0.25) is 4.72 Å².